The van der Waals surface area contributed by atoms with Crippen molar-refractivity contribution >= 4 is 17.3 Å². The third-order valence-corrected chi connectivity index (χ3v) is 4.92. The average molecular weight is 385 g/mol. The lowest BCUT2D eigenvalue weighted by Gasteiger charge is -2.14. The molecule has 0 aliphatic carbocycles. The predicted molar refractivity (Wildman–Crippen MR) is 109 cm³/mol. The molecule has 0 saturated carbocycles. The first-order valence-corrected chi connectivity index (χ1v) is 9.66. The number of hydrogen-bond acceptors (Lipinski definition) is 5. The number of aromatic amines is 1. The molecule has 0 radical (unpaired) electrons. The van der Waals surface area contributed by atoms with Crippen LogP contribution in [-0.2, 0) is 6.54 Å². The Kier molecular flexibility index (Phi) is 6.43. The molecule has 0 amide bonds. The van der Waals surface area contributed by atoms with Crippen molar-refractivity contribution in [2.45, 2.75) is 19.4 Å². The second kappa shape index (κ2) is 9.18. The number of aliphatic imine (C=N–C) groups is 1. The van der Waals surface area contributed by atoms with Gasteiger partial charge in [-0.1, -0.05) is 6.92 Å². The molecule has 1 unspecified atom stereocenters. The van der Waals surface area contributed by atoms with Crippen LogP contribution in [0.3, 0.4) is 0 Å². The predicted octanol–water partition coefficient (Wildman–Crippen LogP) is 3.01. The number of rotatable bonds is 7. The number of H-pyrrole nitrogens is 1. The maximum atomic E-state index is 5.17. The van der Waals surface area contributed by atoms with Gasteiger partial charge in [-0.15, -0.1) is 0 Å². The van der Waals surface area contributed by atoms with E-state index in [0.29, 0.717) is 18.3 Å². The van der Waals surface area contributed by atoms with Gasteiger partial charge in [-0.3, -0.25) is 10.1 Å². The van der Waals surface area contributed by atoms with Gasteiger partial charge in [0.25, 0.3) is 0 Å². The van der Waals surface area contributed by atoms with E-state index < -0.39 is 0 Å². The third kappa shape index (κ3) is 5.07. The maximum Gasteiger partial charge on any atom is 0.191 e. The van der Waals surface area contributed by atoms with Gasteiger partial charge in [-0.2, -0.15) is 16.4 Å². The molecule has 3 rings (SSSR count). The van der Waals surface area contributed by atoms with Crippen molar-refractivity contribution in [3.05, 3.63) is 52.5 Å². The Balaban J connectivity index is 1.52. The number of nitrogens with zero attached hydrogens (tertiary/aromatic N) is 3. The van der Waals surface area contributed by atoms with Crippen molar-refractivity contribution in [3.63, 3.8) is 0 Å². The highest BCUT2D eigenvalue weighted by molar-refractivity contribution is 7.07. The second-order valence-corrected chi connectivity index (χ2v) is 6.88. The quantitative estimate of drug-likeness (QED) is 0.431. The summed E-state index contributed by atoms with van der Waals surface area (Å²) in [5, 5.41) is 18.1. The Morgan fingerprint density at radius 1 is 1.26 bits per heavy atom. The van der Waals surface area contributed by atoms with Crippen LogP contribution in [0, 0.1) is 0 Å². The van der Waals surface area contributed by atoms with Crippen LogP contribution in [-0.4, -0.2) is 41.8 Å². The Morgan fingerprint density at radius 3 is 2.74 bits per heavy atom. The molecule has 0 saturated heterocycles. The average Bonchev–Trinajstić information content (AvgIpc) is 3.40. The summed E-state index contributed by atoms with van der Waals surface area (Å²) in [4.78, 5) is 8.79. The van der Waals surface area contributed by atoms with Crippen molar-refractivity contribution in [2.75, 3.05) is 20.7 Å². The lowest BCUT2D eigenvalue weighted by Crippen LogP contribution is -2.38. The third-order valence-electron chi connectivity index (χ3n) is 4.21. The van der Waals surface area contributed by atoms with E-state index in [1.54, 1.807) is 25.5 Å². The number of methoxy groups -OCH3 is 1. The summed E-state index contributed by atoms with van der Waals surface area (Å²) in [6.45, 7) is 3.51. The van der Waals surface area contributed by atoms with Gasteiger partial charge in [0.15, 0.2) is 11.8 Å². The van der Waals surface area contributed by atoms with Crippen LogP contribution >= 0.6 is 11.3 Å². The Labute approximate surface area is 162 Å². The molecule has 8 heteroatoms. The fourth-order valence-electron chi connectivity index (χ4n) is 2.55. The molecule has 27 heavy (non-hydrogen) atoms. The van der Waals surface area contributed by atoms with E-state index in [0.717, 1.165) is 29.6 Å². The number of thiophene rings is 1. The summed E-state index contributed by atoms with van der Waals surface area (Å²) >= 11 is 1.72. The monoisotopic (exact) mass is 384 g/mol. The summed E-state index contributed by atoms with van der Waals surface area (Å²) in [5.74, 6) is 3.36. The fourth-order valence-corrected chi connectivity index (χ4v) is 3.34. The largest absolute Gasteiger partial charge is 0.497 e. The topological polar surface area (TPSA) is 87.2 Å². The van der Waals surface area contributed by atoms with E-state index in [1.165, 1.54) is 5.56 Å². The number of benzene rings is 1. The van der Waals surface area contributed by atoms with Crippen molar-refractivity contribution in [1.29, 1.82) is 0 Å². The van der Waals surface area contributed by atoms with Gasteiger partial charge < -0.3 is 15.4 Å². The van der Waals surface area contributed by atoms with Crippen molar-refractivity contribution in [3.8, 4) is 17.1 Å². The normalized spacial score (nSPS) is 12.6. The highest BCUT2D eigenvalue weighted by atomic mass is 32.1. The smallest absolute Gasteiger partial charge is 0.191 e. The zero-order valence-electron chi connectivity index (χ0n) is 15.7. The number of aromatic nitrogens is 3. The minimum absolute atomic E-state index is 0.418. The van der Waals surface area contributed by atoms with Gasteiger partial charge in [0.1, 0.15) is 11.6 Å². The van der Waals surface area contributed by atoms with Crippen LogP contribution < -0.4 is 15.4 Å². The second-order valence-electron chi connectivity index (χ2n) is 6.10. The number of ether oxygens (including phenoxy) is 1. The number of nitrogens with one attached hydrogen (secondary N) is 3. The molecule has 1 atom stereocenters. The van der Waals surface area contributed by atoms with Crippen molar-refractivity contribution in [1.82, 2.24) is 25.8 Å². The molecule has 0 bridgehead atoms. The minimum Gasteiger partial charge on any atom is -0.497 e. The van der Waals surface area contributed by atoms with Crippen LogP contribution in [0.4, 0.5) is 0 Å². The van der Waals surface area contributed by atoms with Gasteiger partial charge in [0, 0.05) is 19.2 Å². The summed E-state index contributed by atoms with van der Waals surface area (Å²) in [6.07, 6.45) is 0. The first kappa shape index (κ1) is 18.9. The van der Waals surface area contributed by atoms with E-state index in [1.807, 2.05) is 24.3 Å². The van der Waals surface area contributed by atoms with Crippen molar-refractivity contribution in [2.24, 2.45) is 4.99 Å². The van der Waals surface area contributed by atoms with Crippen LogP contribution in [0.5, 0.6) is 5.75 Å². The van der Waals surface area contributed by atoms with Gasteiger partial charge in [0.05, 0.1) is 13.7 Å². The van der Waals surface area contributed by atoms with E-state index in [9.17, 15) is 0 Å². The molecule has 142 valence electrons. The van der Waals surface area contributed by atoms with Crippen molar-refractivity contribution < 1.29 is 4.74 Å². The standard InChI is InChI=1S/C19H24N6OS/c1-13(15-8-9-27-12-15)10-21-19(20-2)22-11-17-23-18(25-24-17)14-4-6-16(26-3)7-5-14/h4-9,12-13H,10-11H2,1-3H3,(H2,20,21,22)(H,23,24,25). The van der Waals surface area contributed by atoms with Crippen LogP contribution in [0.1, 0.15) is 24.2 Å². The summed E-state index contributed by atoms with van der Waals surface area (Å²) in [7, 11) is 3.40. The molecule has 3 aromatic rings. The Bertz CT molecular complexity index is 857. The van der Waals surface area contributed by atoms with E-state index in [4.69, 9.17) is 4.74 Å². The molecular weight excluding hydrogens is 360 g/mol. The summed E-state index contributed by atoms with van der Waals surface area (Å²) in [5.41, 5.74) is 2.27. The zero-order valence-corrected chi connectivity index (χ0v) is 16.5. The van der Waals surface area contributed by atoms with E-state index in [2.05, 4.69) is 54.6 Å². The lowest BCUT2D eigenvalue weighted by atomic mass is 10.1. The van der Waals surface area contributed by atoms with Gasteiger partial charge in [-0.25, -0.2) is 4.98 Å². The lowest BCUT2D eigenvalue weighted by molar-refractivity contribution is 0.415. The van der Waals surface area contributed by atoms with Gasteiger partial charge in [0.2, 0.25) is 0 Å². The number of hydrogen-bond donors (Lipinski definition) is 3. The molecule has 0 aliphatic rings. The maximum absolute atomic E-state index is 5.17. The molecular formula is C19H24N6OS. The molecule has 2 aromatic heterocycles. The fraction of sp³-hybridized carbons (Fsp3) is 0.316. The Hall–Kier alpha value is -2.87. The van der Waals surface area contributed by atoms with Crippen LogP contribution in [0.15, 0.2) is 46.1 Å². The molecule has 1 aromatic carbocycles. The molecule has 0 fully saturated rings. The number of guanidine groups is 1. The Morgan fingerprint density at radius 2 is 2.07 bits per heavy atom. The highest BCUT2D eigenvalue weighted by Crippen LogP contribution is 2.19. The highest BCUT2D eigenvalue weighted by Gasteiger charge is 2.09. The van der Waals surface area contributed by atoms with E-state index >= 15 is 0 Å². The molecule has 7 nitrogen and oxygen atoms in total. The van der Waals surface area contributed by atoms with E-state index in [-0.39, 0.29) is 0 Å². The van der Waals surface area contributed by atoms with Crippen LogP contribution in [0.2, 0.25) is 0 Å². The van der Waals surface area contributed by atoms with Gasteiger partial charge >= 0.3 is 0 Å². The minimum atomic E-state index is 0.418. The zero-order chi connectivity index (χ0) is 19.1. The molecule has 0 aliphatic heterocycles. The van der Waals surface area contributed by atoms with Crippen LogP contribution in [0.25, 0.3) is 11.4 Å². The first-order valence-electron chi connectivity index (χ1n) is 8.72. The molecule has 3 N–H and O–H groups in total. The molecule has 0 spiro atoms. The molecule has 2 heterocycles. The van der Waals surface area contributed by atoms with Gasteiger partial charge in [-0.05, 0) is 52.6 Å². The first-order chi connectivity index (χ1) is 13.2. The summed E-state index contributed by atoms with van der Waals surface area (Å²) in [6, 6.07) is 9.81. The summed E-state index contributed by atoms with van der Waals surface area (Å²) < 4.78 is 5.17. The SMILES string of the molecule is CN=C(NCc1nc(-c2ccc(OC)cc2)n[nH]1)NCC(C)c1ccsc1.